The lowest BCUT2D eigenvalue weighted by Crippen LogP contribution is -2.04. The van der Waals surface area contributed by atoms with Crippen molar-refractivity contribution in [3.63, 3.8) is 0 Å². The van der Waals surface area contributed by atoms with E-state index in [0.717, 1.165) is 10.6 Å². The number of hydrogen-bond acceptors (Lipinski definition) is 7. The third-order valence-electron chi connectivity index (χ3n) is 2.86. The minimum Gasteiger partial charge on any atom is -0.493 e. The summed E-state index contributed by atoms with van der Waals surface area (Å²) in [6.45, 7) is 2.37. The van der Waals surface area contributed by atoms with Gasteiger partial charge < -0.3 is 9.47 Å². The van der Waals surface area contributed by atoms with E-state index in [4.69, 9.17) is 4.74 Å². The van der Waals surface area contributed by atoms with Gasteiger partial charge in [0.15, 0.2) is 0 Å². The first-order valence-electron chi connectivity index (χ1n) is 6.22. The van der Waals surface area contributed by atoms with E-state index in [0.29, 0.717) is 18.8 Å². The van der Waals surface area contributed by atoms with Gasteiger partial charge in [0.25, 0.3) is 0 Å². The summed E-state index contributed by atoms with van der Waals surface area (Å²) in [7, 11) is 1.27. The molecule has 0 saturated heterocycles. The summed E-state index contributed by atoms with van der Waals surface area (Å²) in [5, 5.41) is 2.83. The van der Waals surface area contributed by atoms with E-state index in [1.807, 2.05) is 6.92 Å². The summed E-state index contributed by atoms with van der Waals surface area (Å²) < 4.78 is 10.2. The van der Waals surface area contributed by atoms with Crippen molar-refractivity contribution in [3.05, 3.63) is 44.8 Å². The molecule has 0 aliphatic heterocycles. The number of aryl methyl sites for hydroxylation is 1. The molecule has 0 N–H and O–H groups in total. The number of nitrogens with zero attached hydrogens (tertiary/aromatic N) is 2. The maximum atomic E-state index is 11.5. The van der Waals surface area contributed by atoms with Crippen molar-refractivity contribution >= 4 is 23.0 Å². The third-order valence-corrected chi connectivity index (χ3v) is 3.86. The van der Waals surface area contributed by atoms with E-state index in [1.54, 1.807) is 16.8 Å². The van der Waals surface area contributed by atoms with Crippen molar-refractivity contribution in [2.75, 3.05) is 13.7 Å². The molecular formula is C14H14N2O4S. The topological polar surface area (TPSA) is 77.8 Å². The van der Waals surface area contributed by atoms with Crippen LogP contribution in [0.5, 0.6) is 5.75 Å². The first-order chi connectivity index (χ1) is 10.1. The number of carbonyl (C=O) groups is 1. The SMILES string of the molecule is COC(=O)c1cc(N=O)cc(OCCc2scnc2C)c1. The van der Waals surface area contributed by atoms with Crippen LogP contribution in [0.4, 0.5) is 5.69 Å². The zero-order valence-electron chi connectivity index (χ0n) is 11.7. The largest absolute Gasteiger partial charge is 0.493 e. The van der Waals surface area contributed by atoms with E-state index < -0.39 is 5.97 Å². The maximum absolute atomic E-state index is 11.5. The van der Waals surface area contributed by atoms with Crippen molar-refractivity contribution in [2.45, 2.75) is 13.3 Å². The van der Waals surface area contributed by atoms with Crippen LogP contribution in [0.3, 0.4) is 0 Å². The van der Waals surface area contributed by atoms with Crippen LogP contribution in [0, 0.1) is 11.8 Å². The first kappa shape index (κ1) is 15.1. The standard InChI is InChI=1S/C14H14N2O4S/c1-9-13(21-8-15-9)3-4-20-12-6-10(14(17)19-2)5-11(7-12)16-18/h5-8H,3-4H2,1-2H3. The summed E-state index contributed by atoms with van der Waals surface area (Å²) in [6, 6.07) is 4.37. The summed E-state index contributed by atoms with van der Waals surface area (Å²) in [6.07, 6.45) is 0.711. The van der Waals surface area contributed by atoms with Gasteiger partial charge in [-0.3, -0.25) is 0 Å². The minimum atomic E-state index is -0.538. The zero-order chi connectivity index (χ0) is 15.2. The van der Waals surface area contributed by atoms with Gasteiger partial charge in [0.1, 0.15) is 11.4 Å². The van der Waals surface area contributed by atoms with Crippen LogP contribution in [0.15, 0.2) is 28.9 Å². The Morgan fingerprint density at radius 3 is 2.81 bits per heavy atom. The Morgan fingerprint density at radius 2 is 2.19 bits per heavy atom. The van der Waals surface area contributed by atoms with Crippen molar-refractivity contribution in [2.24, 2.45) is 5.18 Å². The van der Waals surface area contributed by atoms with Gasteiger partial charge in [-0.1, -0.05) is 0 Å². The number of hydrogen-bond donors (Lipinski definition) is 0. The Labute approximate surface area is 125 Å². The van der Waals surface area contributed by atoms with Crippen molar-refractivity contribution < 1.29 is 14.3 Å². The second kappa shape index (κ2) is 6.94. The molecular weight excluding hydrogens is 292 g/mol. The summed E-state index contributed by atoms with van der Waals surface area (Å²) in [5.41, 5.74) is 3.14. The smallest absolute Gasteiger partial charge is 0.338 e. The average molecular weight is 306 g/mol. The Bertz CT molecular complexity index is 654. The minimum absolute atomic E-state index is 0.127. The number of esters is 1. The lowest BCUT2D eigenvalue weighted by molar-refractivity contribution is 0.0600. The van der Waals surface area contributed by atoms with Crippen LogP contribution >= 0.6 is 11.3 Å². The van der Waals surface area contributed by atoms with E-state index in [-0.39, 0.29) is 11.3 Å². The summed E-state index contributed by atoms with van der Waals surface area (Å²) in [4.78, 5) is 27.5. The third kappa shape index (κ3) is 3.85. The number of methoxy groups -OCH3 is 1. The number of ether oxygens (including phenoxy) is 2. The van der Waals surface area contributed by atoms with E-state index in [2.05, 4.69) is 14.9 Å². The molecule has 1 aromatic heterocycles. The molecule has 1 heterocycles. The molecule has 110 valence electrons. The molecule has 0 aliphatic rings. The quantitative estimate of drug-likeness (QED) is 0.604. The Kier molecular flexibility index (Phi) is 4.99. The molecule has 0 bridgehead atoms. The van der Waals surface area contributed by atoms with Crippen molar-refractivity contribution in [3.8, 4) is 5.75 Å². The fourth-order valence-corrected chi connectivity index (χ4v) is 2.55. The Hall–Kier alpha value is -2.28. The second-order valence-corrected chi connectivity index (χ2v) is 5.20. The number of aromatic nitrogens is 1. The molecule has 6 nitrogen and oxygen atoms in total. The summed E-state index contributed by atoms with van der Waals surface area (Å²) >= 11 is 1.57. The highest BCUT2D eigenvalue weighted by atomic mass is 32.1. The van der Waals surface area contributed by atoms with Gasteiger partial charge in [-0.25, -0.2) is 9.78 Å². The fraction of sp³-hybridized carbons (Fsp3) is 0.286. The van der Waals surface area contributed by atoms with Gasteiger partial charge in [-0.2, -0.15) is 0 Å². The summed E-state index contributed by atoms with van der Waals surface area (Å²) in [5.74, 6) is -0.127. The molecule has 0 aliphatic carbocycles. The van der Waals surface area contributed by atoms with Gasteiger partial charge in [-0.05, 0) is 24.2 Å². The van der Waals surface area contributed by atoms with E-state index in [1.165, 1.54) is 25.3 Å². The van der Waals surface area contributed by atoms with Crippen molar-refractivity contribution in [1.82, 2.24) is 4.98 Å². The van der Waals surface area contributed by atoms with Gasteiger partial charge in [0.2, 0.25) is 0 Å². The molecule has 2 rings (SSSR count). The molecule has 0 unspecified atom stereocenters. The molecule has 1 aromatic carbocycles. The highest BCUT2D eigenvalue weighted by Crippen LogP contribution is 2.24. The normalized spacial score (nSPS) is 10.2. The molecule has 0 amide bonds. The molecule has 2 aromatic rings. The van der Waals surface area contributed by atoms with Crippen molar-refractivity contribution in [1.29, 1.82) is 0 Å². The second-order valence-electron chi connectivity index (χ2n) is 4.26. The molecule has 0 spiro atoms. The van der Waals surface area contributed by atoms with Gasteiger partial charge in [0.05, 0.1) is 30.5 Å². The van der Waals surface area contributed by atoms with Gasteiger partial charge >= 0.3 is 5.97 Å². The number of carbonyl (C=O) groups excluding carboxylic acids is 1. The number of thiazole rings is 1. The van der Waals surface area contributed by atoms with Crippen LogP contribution in [-0.2, 0) is 11.2 Å². The molecule has 0 fully saturated rings. The lowest BCUT2D eigenvalue weighted by Gasteiger charge is -2.08. The predicted octanol–water partition coefficient (Wildman–Crippen LogP) is 3.26. The van der Waals surface area contributed by atoms with Crippen LogP contribution in [-0.4, -0.2) is 24.7 Å². The van der Waals surface area contributed by atoms with E-state index in [9.17, 15) is 9.70 Å². The number of benzene rings is 1. The van der Waals surface area contributed by atoms with Gasteiger partial charge in [-0.15, -0.1) is 16.2 Å². The first-order valence-corrected chi connectivity index (χ1v) is 7.10. The van der Waals surface area contributed by atoms with E-state index >= 15 is 0 Å². The molecule has 7 heteroatoms. The lowest BCUT2D eigenvalue weighted by atomic mass is 10.2. The Morgan fingerprint density at radius 1 is 1.38 bits per heavy atom. The molecule has 21 heavy (non-hydrogen) atoms. The van der Waals surface area contributed by atoms with Crippen LogP contribution in [0.1, 0.15) is 20.9 Å². The average Bonchev–Trinajstić information content (AvgIpc) is 2.91. The number of rotatable bonds is 6. The Balaban J connectivity index is 2.07. The fourth-order valence-electron chi connectivity index (χ4n) is 1.78. The monoisotopic (exact) mass is 306 g/mol. The molecule has 0 radical (unpaired) electrons. The molecule has 0 saturated carbocycles. The number of nitroso groups, excluding NO2 is 1. The maximum Gasteiger partial charge on any atom is 0.338 e. The molecule has 0 atom stereocenters. The van der Waals surface area contributed by atoms with Crippen LogP contribution < -0.4 is 4.74 Å². The zero-order valence-corrected chi connectivity index (χ0v) is 12.5. The highest BCUT2D eigenvalue weighted by Gasteiger charge is 2.10. The predicted molar refractivity (Wildman–Crippen MR) is 79.3 cm³/mol. The van der Waals surface area contributed by atoms with Crippen LogP contribution in [0.2, 0.25) is 0 Å². The highest BCUT2D eigenvalue weighted by molar-refractivity contribution is 7.09. The van der Waals surface area contributed by atoms with Crippen LogP contribution in [0.25, 0.3) is 0 Å². The van der Waals surface area contributed by atoms with Gasteiger partial charge in [0, 0.05) is 17.4 Å².